The van der Waals surface area contributed by atoms with E-state index in [0.29, 0.717) is 35.0 Å². The van der Waals surface area contributed by atoms with Gasteiger partial charge in [-0.25, -0.2) is 0 Å². The van der Waals surface area contributed by atoms with Gasteiger partial charge in [0.1, 0.15) is 0 Å². The minimum atomic E-state index is -0.720. The number of hydrogen-bond acceptors (Lipinski definition) is 3. The number of likely N-dealkylation sites (N-methyl/N-ethyl adjacent to an activating group) is 1. The third-order valence-corrected chi connectivity index (χ3v) is 5.69. The standard InChI is InChI=1S/C22H22Cl2N2O3/c1-3-20(28)25-15-7-4-13(5-8-15)6-9-21(29)26(2)22-17-10-14(23)11-18(24)16(17)12-19(22)27/h3-5,7-8,10-11,19,22,27H,1,6,9,12H2,2H3,(H,25,28). The number of fused-ring (bicyclic) bond motifs is 1. The molecular weight excluding hydrogens is 411 g/mol. The highest BCUT2D eigenvalue weighted by Gasteiger charge is 2.37. The molecule has 0 heterocycles. The summed E-state index contributed by atoms with van der Waals surface area (Å²) in [7, 11) is 1.69. The van der Waals surface area contributed by atoms with Crippen molar-refractivity contribution < 1.29 is 14.7 Å². The van der Waals surface area contributed by atoms with Crippen molar-refractivity contribution in [2.24, 2.45) is 0 Å². The number of amides is 2. The number of benzene rings is 2. The zero-order valence-electron chi connectivity index (χ0n) is 16.0. The molecule has 0 fully saturated rings. The van der Waals surface area contributed by atoms with Crippen LogP contribution in [0, 0.1) is 0 Å². The smallest absolute Gasteiger partial charge is 0.247 e. The number of hydrogen-bond donors (Lipinski definition) is 2. The van der Waals surface area contributed by atoms with Crippen LogP contribution in [0.5, 0.6) is 0 Å². The van der Waals surface area contributed by atoms with Gasteiger partial charge in [-0.1, -0.05) is 41.9 Å². The van der Waals surface area contributed by atoms with Crippen LogP contribution in [0.25, 0.3) is 0 Å². The van der Waals surface area contributed by atoms with Gasteiger partial charge < -0.3 is 15.3 Å². The van der Waals surface area contributed by atoms with Crippen molar-refractivity contribution in [3.63, 3.8) is 0 Å². The van der Waals surface area contributed by atoms with E-state index in [0.717, 1.165) is 16.7 Å². The van der Waals surface area contributed by atoms with Gasteiger partial charge in [-0.2, -0.15) is 0 Å². The van der Waals surface area contributed by atoms with E-state index in [9.17, 15) is 14.7 Å². The topological polar surface area (TPSA) is 69.6 Å². The van der Waals surface area contributed by atoms with Crippen molar-refractivity contribution in [3.05, 3.63) is 75.8 Å². The molecule has 7 heteroatoms. The highest BCUT2D eigenvalue weighted by molar-refractivity contribution is 6.35. The summed E-state index contributed by atoms with van der Waals surface area (Å²) < 4.78 is 0. The molecule has 5 nitrogen and oxygen atoms in total. The maximum absolute atomic E-state index is 12.8. The minimum Gasteiger partial charge on any atom is -0.390 e. The van der Waals surface area contributed by atoms with Crippen LogP contribution in [0.4, 0.5) is 5.69 Å². The first-order valence-corrected chi connectivity index (χ1v) is 9.99. The average Bonchev–Trinajstić information content (AvgIpc) is 3.02. The van der Waals surface area contributed by atoms with Gasteiger partial charge in [-0.15, -0.1) is 0 Å². The summed E-state index contributed by atoms with van der Waals surface area (Å²) in [6, 6.07) is 10.3. The second kappa shape index (κ2) is 8.99. The highest BCUT2D eigenvalue weighted by Crippen LogP contribution is 2.41. The normalized spacial score (nSPS) is 17.5. The van der Waals surface area contributed by atoms with E-state index in [2.05, 4.69) is 11.9 Å². The SMILES string of the molecule is C=CC(=O)Nc1ccc(CCC(=O)N(C)C2c3cc(Cl)cc(Cl)c3CC2O)cc1. The fraction of sp³-hybridized carbons (Fsp3) is 0.273. The molecule has 2 aromatic carbocycles. The number of aliphatic hydroxyl groups excluding tert-OH is 1. The third kappa shape index (κ3) is 4.81. The molecule has 1 aliphatic carbocycles. The largest absolute Gasteiger partial charge is 0.390 e. The van der Waals surface area contributed by atoms with Crippen LogP contribution in [-0.4, -0.2) is 35.0 Å². The van der Waals surface area contributed by atoms with Gasteiger partial charge in [-0.3, -0.25) is 9.59 Å². The van der Waals surface area contributed by atoms with Crippen LogP contribution in [0.1, 0.15) is 29.2 Å². The second-order valence-corrected chi connectivity index (χ2v) is 7.91. The molecular formula is C22H22Cl2N2O3. The van der Waals surface area contributed by atoms with Crippen LogP contribution < -0.4 is 5.32 Å². The lowest BCUT2D eigenvalue weighted by atomic mass is 10.0. The Morgan fingerprint density at radius 3 is 2.62 bits per heavy atom. The van der Waals surface area contributed by atoms with Crippen molar-refractivity contribution in [1.82, 2.24) is 4.90 Å². The number of aliphatic hydroxyl groups is 1. The van der Waals surface area contributed by atoms with Gasteiger partial charge in [0.2, 0.25) is 11.8 Å². The minimum absolute atomic E-state index is 0.0814. The monoisotopic (exact) mass is 432 g/mol. The summed E-state index contributed by atoms with van der Waals surface area (Å²) in [5.74, 6) is -0.354. The number of rotatable bonds is 6. The lowest BCUT2D eigenvalue weighted by Gasteiger charge is -2.28. The first kappa shape index (κ1) is 21.4. The Labute approximate surface area is 179 Å². The summed E-state index contributed by atoms with van der Waals surface area (Å²) in [6.45, 7) is 3.41. The molecule has 0 saturated heterocycles. The molecule has 1 aliphatic rings. The molecule has 29 heavy (non-hydrogen) atoms. The van der Waals surface area contributed by atoms with Gasteiger partial charge in [-0.05, 0) is 53.5 Å². The molecule has 2 amide bonds. The van der Waals surface area contributed by atoms with E-state index in [-0.39, 0.29) is 11.8 Å². The van der Waals surface area contributed by atoms with Gasteiger partial charge in [0, 0.05) is 35.6 Å². The molecule has 2 unspecified atom stereocenters. The Balaban J connectivity index is 1.64. The summed E-state index contributed by atoms with van der Waals surface area (Å²) >= 11 is 12.4. The average molecular weight is 433 g/mol. The molecule has 3 rings (SSSR count). The Morgan fingerprint density at radius 2 is 1.97 bits per heavy atom. The van der Waals surface area contributed by atoms with Crippen molar-refractivity contribution >= 4 is 40.7 Å². The number of carbonyl (C=O) groups is 2. The Kier molecular flexibility index (Phi) is 6.63. The molecule has 0 bridgehead atoms. The molecule has 2 aromatic rings. The van der Waals surface area contributed by atoms with E-state index < -0.39 is 12.1 Å². The van der Waals surface area contributed by atoms with Gasteiger partial charge in [0.05, 0.1) is 12.1 Å². The predicted molar refractivity (Wildman–Crippen MR) is 115 cm³/mol. The lowest BCUT2D eigenvalue weighted by molar-refractivity contribution is -0.134. The maximum Gasteiger partial charge on any atom is 0.247 e. The van der Waals surface area contributed by atoms with Crippen molar-refractivity contribution in [1.29, 1.82) is 0 Å². The first-order chi connectivity index (χ1) is 13.8. The quantitative estimate of drug-likeness (QED) is 0.672. The summed E-state index contributed by atoms with van der Waals surface area (Å²) in [4.78, 5) is 25.7. The number of halogens is 2. The van der Waals surface area contributed by atoms with Gasteiger partial charge in [0.25, 0.3) is 0 Å². The summed E-state index contributed by atoms with van der Waals surface area (Å²) in [6.07, 6.45) is 1.72. The highest BCUT2D eigenvalue weighted by atomic mass is 35.5. The van der Waals surface area contributed by atoms with Gasteiger partial charge >= 0.3 is 0 Å². The fourth-order valence-corrected chi connectivity index (χ4v) is 4.21. The number of aryl methyl sites for hydroxylation is 1. The zero-order valence-corrected chi connectivity index (χ0v) is 17.5. The first-order valence-electron chi connectivity index (χ1n) is 9.24. The second-order valence-electron chi connectivity index (χ2n) is 7.07. The zero-order chi connectivity index (χ0) is 21.1. The number of anilines is 1. The van der Waals surface area contributed by atoms with E-state index in [1.165, 1.54) is 6.08 Å². The van der Waals surface area contributed by atoms with Crippen molar-refractivity contribution in [2.75, 3.05) is 12.4 Å². The molecule has 2 N–H and O–H groups in total. The fourth-order valence-electron chi connectivity index (χ4n) is 3.63. The molecule has 152 valence electrons. The summed E-state index contributed by atoms with van der Waals surface area (Å²) in [5.41, 5.74) is 3.28. The number of nitrogens with zero attached hydrogens (tertiary/aromatic N) is 1. The lowest BCUT2D eigenvalue weighted by Crippen LogP contribution is -2.36. The van der Waals surface area contributed by atoms with E-state index in [4.69, 9.17) is 23.2 Å². The van der Waals surface area contributed by atoms with E-state index >= 15 is 0 Å². The van der Waals surface area contributed by atoms with Crippen LogP contribution in [0.3, 0.4) is 0 Å². The predicted octanol–water partition coefficient (Wildman–Crippen LogP) is 4.17. The van der Waals surface area contributed by atoms with E-state index in [1.54, 1.807) is 36.2 Å². The van der Waals surface area contributed by atoms with Gasteiger partial charge in [0.15, 0.2) is 0 Å². The molecule has 0 spiro atoms. The number of nitrogens with one attached hydrogen (secondary N) is 1. The summed E-state index contributed by atoms with van der Waals surface area (Å²) in [5, 5.41) is 14.2. The van der Waals surface area contributed by atoms with Crippen molar-refractivity contribution in [2.45, 2.75) is 31.4 Å². The molecule has 0 aromatic heterocycles. The molecule has 0 radical (unpaired) electrons. The Bertz CT molecular complexity index is 944. The molecule has 2 atom stereocenters. The number of carbonyl (C=O) groups excluding carboxylic acids is 2. The third-order valence-electron chi connectivity index (χ3n) is 5.14. The van der Waals surface area contributed by atoms with Crippen LogP contribution in [0.15, 0.2) is 49.1 Å². The van der Waals surface area contributed by atoms with Crippen LogP contribution in [-0.2, 0) is 22.4 Å². The Hall–Kier alpha value is -2.34. The van der Waals surface area contributed by atoms with Crippen LogP contribution in [0.2, 0.25) is 10.0 Å². The molecule has 0 saturated carbocycles. The van der Waals surface area contributed by atoms with E-state index in [1.807, 2.05) is 12.1 Å². The maximum atomic E-state index is 12.8. The molecule has 0 aliphatic heterocycles. The van der Waals surface area contributed by atoms with Crippen LogP contribution >= 0.6 is 23.2 Å². The Morgan fingerprint density at radius 1 is 1.28 bits per heavy atom. The van der Waals surface area contributed by atoms with Crippen molar-refractivity contribution in [3.8, 4) is 0 Å².